The van der Waals surface area contributed by atoms with E-state index in [0.29, 0.717) is 110 Å². The molecular formula is C52H75I4N5O15. The molecule has 24 heteroatoms. The number of alkyl carbamates (subject to hydrolysis) is 2. The summed E-state index contributed by atoms with van der Waals surface area (Å²) in [6.45, 7) is 20.7. The molecule has 0 aliphatic heterocycles. The second-order valence-electron chi connectivity index (χ2n) is 18.4. The molecule has 0 aliphatic carbocycles. The van der Waals surface area contributed by atoms with Crippen molar-refractivity contribution in [3.63, 3.8) is 0 Å². The summed E-state index contributed by atoms with van der Waals surface area (Å²) < 4.78 is 65.8. The van der Waals surface area contributed by atoms with Crippen molar-refractivity contribution in [1.29, 1.82) is 0 Å². The summed E-state index contributed by atoms with van der Waals surface area (Å²) in [7, 11) is 0. The standard InChI is InChI=1S/C52H75I4N5O15/c1-51(2,3)75-49(64)60-48(61-50(65)76-52(4,5)6)59-36-37-9-11-39(12-10-37)72-30-29-71-28-27-70-26-25-69-24-23-68-22-21-67-20-19-66-18-16-58-14-7-13-57-15-8-17-73-46-43(55)34-40(35-44(46)56)74-47-41(53)31-38(32-42(47)54)33-45(62)63/h9-12,31-32,34-35,57-58H,7-8,13-30,33,36H2,1-6H3,(H,62,63)(H2,59,60,61,64,65). The van der Waals surface area contributed by atoms with Gasteiger partial charge in [-0.2, -0.15) is 0 Å². The van der Waals surface area contributed by atoms with Crippen LogP contribution in [0, 0.1) is 14.3 Å². The third-order valence-corrected chi connectivity index (χ3v) is 12.6. The van der Waals surface area contributed by atoms with Gasteiger partial charge in [0.1, 0.15) is 35.1 Å². The van der Waals surface area contributed by atoms with E-state index < -0.39 is 29.4 Å². The van der Waals surface area contributed by atoms with E-state index >= 15 is 0 Å². The lowest BCUT2D eigenvalue weighted by atomic mass is 10.1. The van der Waals surface area contributed by atoms with Gasteiger partial charge >= 0.3 is 18.2 Å². The Bertz CT molecular complexity index is 2120. The van der Waals surface area contributed by atoms with E-state index in [-0.39, 0.29) is 18.9 Å². The van der Waals surface area contributed by atoms with Crippen LogP contribution in [0.25, 0.3) is 0 Å². The predicted molar refractivity (Wildman–Crippen MR) is 322 cm³/mol. The number of nitrogens with one attached hydrogen (secondary N) is 4. The molecule has 0 bridgehead atoms. The maximum atomic E-state index is 12.3. The van der Waals surface area contributed by atoms with Crippen molar-refractivity contribution in [2.75, 3.05) is 119 Å². The van der Waals surface area contributed by atoms with Gasteiger partial charge in [0.15, 0.2) is 5.75 Å². The summed E-state index contributed by atoms with van der Waals surface area (Å²) in [4.78, 5) is 40.1. The number of guanidine groups is 1. The Morgan fingerprint density at radius 3 is 1.41 bits per heavy atom. The summed E-state index contributed by atoms with van der Waals surface area (Å²) in [5, 5.41) is 21.0. The molecule has 0 atom stereocenters. The first-order valence-electron chi connectivity index (χ1n) is 24.9. The number of hydrogen-bond acceptors (Lipinski definition) is 17. The lowest BCUT2D eigenvalue weighted by Gasteiger charge is -2.22. The minimum Gasteiger partial charge on any atom is -0.491 e. The molecule has 426 valence electrons. The number of hydrogen-bond donors (Lipinski definition) is 5. The molecule has 20 nitrogen and oxygen atoms in total. The highest BCUT2D eigenvalue weighted by Crippen LogP contribution is 2.37. The Morgan fingerprint density at radius 2 is 0.934 bits per heavy atom. The molecule has 0 heterocycles. The number of carbonyl (C=O) groups excluding carboxylic acids is 2. The zero-order valence-corrected chi connectivity index (χ0v) is 52.9. The molecule has 3 aromatic carbocycles. The van der Waals surface area contributed by atoms with Crippen molar-refractivity contribution >= 4 is 114 Å². The van der Waals surface area contributed by atoms with Gasteiger partial charge in [-0.3, -0.25) is 15.4 Å². The number of aliphatic imine (C=N–C) groups is 1. The quantitative estimate of drug-likeness (QED) is 0.0157. The van der Waals surface area contributed by atoms with Gasteiger partial charge in [-0.25, -0.2) is 14.6 Å². The summed E-state index contributed by atoms with van der Waals surface area (Å²) in [6, 6.07) is 14.9. The van der Waals surface area contributed by atoms with Crippen LogP contribution in [0.2, 0.25) is 0 Å². The molecule has 2 amide bonds. The summed E-state index contributed by atoms with van der Waals surface area (Å²) >= 11 is 8.90. The van der Waals surface area contributed by atoms with Crippen LogP contribution in [0.4, 0.5) is 9.59 Å². The topological polar surface area (TPSA) is 233 Å². The Balaban J connectivity index is 1.05. The number of carbonyl (C=O) groups is 3. The summed E-state index contributed by atoms with van der Waals surface area (Å²) in [5.74, 6) is 1.96. The second-order valence-corrected chi connectivity index (χ2v) is 23.1. The van der Waals surface area contributed by atoms with Crippen LogP contribution in [0.15, 0.2) is 53.5 Å². The predicted octanol–water partition coefficient (Wildman–Crippen LogP) is 8.95. The molecule has 3 rings (SSSR count). The summed E-state index contributed by atoms with van der Waals surface area (Å²) in [6.07, 6.45) is 0.349. The van der Waals surface area contributed by atoms with E-state index in [2.05, 4.69) is 117 Å². The van der Waals surface area contributed by atoms with Gasteiger partial charge in [-0.05, 0) is 212 Å². The average molecular weight is 1520 g/mol. The average Bonchev–Trinajstić information content (AvgIpc) is 3.32. The maximum Gasteiger partial charge on any atom is 0.414 e. The second kappa shape index (κ2) is 38.9. The molecule has 0 aliphatic rings. The first-order valence-corrected chi connectivity index (χ1v) is 29.2. The number of halogens is 4. The fraction of sp³-hybridized carbons (Fsp3) is 0.577. The van der Waals surface area contributed by atoms with Gasteiger partial charge in [0.2, 0.25) is 5.96 Å². The number of carboxylic acids is 1. The van der Waals surface area contributed by atoms with Crippen LogP contribution in [-0.4, -0.2) is 159 Å². The van der Waals surface area contributed by atoms with Crippen molar-refractivity contribution in [2.24, 2.45) is 4.99 Å². The zero-order chi connectivity index (χ0) is 55.6. The van der Waals surface area contributed by atoms with Crippen LogP contribution in [0.3, 0.4) is 0 Å². The highest BCUT2D eigenvalue weighted by atomic mass is 127. The fourth-order valence-corrected chi connectivity index (χ4v) is 10.3. The van der Waals surface area contributed by atoms with Gasteiger partial charge in [-0.1, -0.05) is 12.1 Å². The lowest BCUT2D eigenvalue weighted by Crippen LogP contribution is -2.47. The van der Waals surface area contributed by atoms with Gasteiger partial charge in [0.25, 0.3) is 0 Å². The number of nitrogens with zero attached hydrogens (tertiary/aromatic N) is 1. The monoisotopic (exact) mass is 1520 g/mol. The van der Waals surface area contributed by atoms with E-state index in [0.717, 1.165) is 70.2 Å². The number of ether oxygens (including phenoxy) is 11. The molecule has 5 N–H and O–H groups in total. The number of amides is 2. The van der Waals surface area contributed by atoms with E-state index in [4.69, 9.17) is 57.2 Å². The van der Waals surface area contributed by atoms with Crippen molar-refractivity contribution in [3.8, 4) is 23.0 Å². The highest BCUT2D eigenvalue weighted by molar-refractivity contribution is 14.1. The van der Waals surface area contributed by atoms with Crippen LogP contribution < -0.4 is 35.5 Å². The highest BCUT2D eigenvalue weighted by Gasteiger charge is 2.22. The normalized spacial score (nSPS) is 11.5. The first-order chi connectivity index (χ1) is 36.3. The first kappa shape index (κ1) is 67.6. The smallest absolute Gasteiger partial charge is 0.414 e. The Morgan fingerprint density at radius 1 is 0.500 bits per heavy atom. The van der Waals surface area contributed by atoms with Crippen LogP contribution in [0.1, 0.15) is 65.5 Å². The Labute approximate surface area is 502 Å². The minimum atomic E-state index is -0.861. The number of carboxylic acid groups (broad SMARTS) is 1. The van der Waals surface area contributed by atoms with Gasteiger partial charge in [0, 0.05) is 6.54 Å². The molecule has 3 aromatic rings. The Hall–Kier alpha value is -2.66. The largest absolute Gasteiger partial charge is 0.491 e. The van der Waals surface area contributed by atoms with Crippen molar-refractivity contribution in [3.05, 3.63) is 73.9 Å². The third kappa shape index (κ3) is 33.1. The van der Waals surface area contributed by atoms with Crippen LogP contribution in [-0.2, 0) is 55.7 Å². The van der Waals surface area contributed by atoms with Gasteiger partial charge in [0.05, 0.1) is 113 Å². The maximum absolute atomic E-state index is 12.3. The molecular weight excluding hydrogens is 1440 g/mol. The Kier molecular flexibility index (Phi) is 34.6. The van der Waals surface area contributed by atoms with E-state index in [1.165, 1.54) is 0 Å². The van der Waals surface area contributed by atoms with Crippen molar-refractivity contribution in [2.45, 2.75) is 78.6 Å². The van der Waals surface area contributed by atoms with Crippen molar-refractivity contribution in [1.82, 2.24) is 21.3 Å². The van der Waals surface area contributed by atoms with Crippen LogP contribution in [0.5, 0.6) is 23.0 Å². The molecule has 0 saturated heterocycles. The molecule has 76 heavy (non-hydrogen) atoms. The SMILES string of the molecule is CC(C)(C)OC(=O)NC(=NCc1ccc(OCCOCCOCCOCCOCCOCCOCCNCCCNCCCOc2c(I)cc(Oc3c(I)cc(CC(=O)O)cc3I)cc2I)cc1)NC(=O)OC(C)(C)C. The number of aliphatic carboxylic acids is 1. The minimum absolute atomic E-state index is 0.0256. The van der Waals surface area contributed by atoms with Gasteiger partial charge in [-0.15, -0.1) is 0 Å². The molecule has 0 aromatic heterocycles. The van der Waals surface area contributed by atoms with Crippen LogP contribution >= 0.6 is 90.4 Å². The zero-order valence-electron chi connectivity index (χ0n) is 44.3. The van der Waals surface area contributed by atoms with E-state index in [1.54, 1.807) is 53.7 Å². The molecule has 0 saturated carbocycles. The van der Waals surface area contributed by atoms with Crippen molar-refractivity contribution < 1.29 is 71.6 Å². The van der Waals surface area contributed by atoms with E-state index in [1.807, 2.05) is 36.4 Å². The van der Waals surface area contributed by atoms with Gasteiger partial charge < -0.3 is 67.8 Å². The number of rotatable bonds is 37. The fourth-order valence-electron chi connectivity index (χ4n) is 6.13. The summed E-state index contributed by atoms with van der Waals surface area (Å²) in [5.41, 5.74) is 0.0895. The molecule has 0 fully saturated rings. The molecule has 0 radical (unpaired) electrons. The van der Waals surface area contributed by atoms with E-state index in [9.17, 15) is 14.4 Å². The molecule has 0 unspecified atom stereocenters. The third-order valence-electron chi connectivity index (χ3n) is 9.42. The lowest BCUT2D eigenvalue weighted by molar-refractivity contribution is -0.136. The number of benzene rings is 3. The molecule has 0 spiro atoms.